The zero-order valence-electron chi connectivity index (χ0n) is 9.25. The standard InChI is InChI=1S/C11H19NO3/c1-14-8-15-7-11-4-2-3-9(5-11)12-10(13)6-11/h9H,2-8H2,1H3,(H,12,13)/t9-,11-/m1/s1. The number of carbonyl (C=O) groups excluding carboxylic acids is 1. The van der Waals surface area contributed by atoms with Gasteiger partial charge < -0.3 is 14.8 Å². The molecule has 1 saturated carbocycles. The molecule has 2 rings (SSSR count). The van der Waals surface area contributed by atoms with Crippen molar-refractivity contribution in [3.63, 3.8) is 0 Å². The third-order valence-electron chi connectivity index (χ3n) is 3.45. The maximum absolute atomic E-state index is 11.5. The largest absolute Gasteiger partial charge is 0.359 e. The van der Waals surface area contributed by atoms with Gasteiger partial charge in [0, 0.05) is 25.0 Å². The monoisotopic (exact) mass is 213 g/mol. The molecule has 86 valence electrons. The third-order valence-corrected chi connectivity index (χ3v) is 3.45. The molecule has 4 heteroatoms. The Morgan fingerprint density at radius 2 is 2.47 bits per heavy atom. The Morgan fingerprint density at radius 1 is 1.60 bits per heavy atom. The lowest BCUT2D eigenvalue weighted by Crippen LogP contribution is -2.51. The van der Waals surface area contributed by atoms with E-state index in [2.05, 4.69) is 5.32 Å². The minimum absolute atomic E-state index is 0.0871. The number of methoxy groups -OCH3 is 1. The molecule has 0 unspecified atom stereocenters. The Labute approximate surface area is 90.3 Å². The molecule has 0 aromatic rings. The molecule has 0 spiro atoms. The molecule has 15 heavy (non-hydrogen) atoms. The van der Waals surface area contributed by atoms with Crippen LogP contribution in [0, 0.1) is 5.41 Å². The van der Waals surface area contributed by atoms with E-state index >= 15 is 0 Å². The maximum Gasteiger partial charge on any atom is 0.220 e. The van der Waals surface area contributed by atoms with E-state index in [0.29, 0.717) is 25.9 Å². The van der Waals surface area contributed by atoms with Gasteiger partial charge in [0.25, 0.3) is 0 Å². The van der Waals surface area contributed by atoms with Gasteiger partial charge in [0.05, 0.1) is 6.61 Å². The van der Waals surface area contributed by atoms with Crippen LogP contribution in [0.4, 0.5) is 0 Å². The Balaban J connectivity index is 1.94. The van der Waals surface area contributed by atoms with Crippen LogP contribution in [0.3, 0.4) is 0 Å². The first-order valence-corrected chi connectivity index (χ1v) is 5.60. The highest BCUT2D eigenvalue weighted by Crippen LogP contribution is 2.42. The van der Waals surface area contributed by atoms with E-state index in [4.69, 9.17) is 9.47 Å². The Hall–Kier alpha value is -0.610. The van der Waals surface area contributed by atoms with Gasteiger partial charge in [-0.25, -0.2) is 0 Å². The summed E-state index contributed by atoms with van der Waals surface area (Å²) < 4.78 is 10.3. The first-order valence-electron chi connectivity index (χ1n) is 5.60. The molecule has 0 aromatic carbocycles. The number of hydrogen-bond donors (Lipinski definition) is 1. The van der Waals surface area contributed by atoms with Gasteiger partial charge in [-0.3, -0.25) is 4.79 Å². The van der Waals surface area contributed by atoms with E-state index in [0.717, 1.165) is 19.3 Å². The lowest BCUT2D eigenvalue weighted by molar-refractivity contribution is -0.135. The smallest absolute Gasteiger partial charge is 0.220 e. The average Bonchev–Trinajstić information content (AvgIpc) is 2.16. The second-order valence-corrected chi connectivity index (χ2v) is 4.79. The molecule has 2 aliphatic rings. The van der Waals surface area contributed by atoms with Crippen molar-refractivity contribution >= 4 is 5.91 Å². The summed E-state index contributed by atoms with van der Waals surface area (Å²) in [7, 11) is 1.62. The molecule has 4 nitrogen and oxygen atoms in total. The number of ether oxygens (including phenoxy) is 2. The van der Waals surface area contributed by atoms with Crippen LogP contribution in [0.2, 0.25) is 0 Å². The third kappa shape index (κ3) is 2.49. The predicted octanol–water partition coefficient (Wildman–Crippen LogP) is 1.06. The van der Waals surface area contributed by atoms with Gasteiger partial charge in [0.1, 0.15) is 6.79 Å². The first kappa shape index (κ1) is 10.9. The fourth-order valence-electron chi connectivity index (χ4n) is 2.88. The van der Waals surface area contributed by atoms with E-state index in [9.17, 15) is 4.79 Å². The van der Waals surface area contributed by atoms with Crippen molar-refractivity contribution in [2.45, 2.75) is 38.1 Å². The van der Waals surface area contributed by atoms with Crippen LogP contribution in [0.25, 0.3) is 0 Å². The fraction of sp³-hybridized carbons (Fsp3) is 0.909. The summed E-state index contributed by atoms with van der Waals surface area (Å²) in [5, 5.41) is 3.04. The predicted molar refractivity (Wildman–Crippen MR) is 55.3 cm³/mol. The lowest BCUT2D eigenvalue weighted by Gasteiger charge is -2.44. The molecule has 2 bridgehead atoms. The first-order chi connectivity index (χ1) is 7.24. The number of amides is 1. The number of rotatable bonds is 4. The van der Waals surface area contributed by atoms with Crippen molar-refractivity contribution in [2.24, 2.45) is 5.41 Å². The number of hydrogen-bond acceptors (Lipinski definition) is 3. The van der Waals surface area contributed by atoms with Gasteiger partial charge in [0.2, 0.25) is 5.91 Å². The second kappa shape index (κ2) is 4.49. The molecule has 2 atom stereocenters. The van der Waals surface area contributed by atoms with E-state index in [1.54, 1.807) is 7.11 Å². The molecule has 1 amide bonds. The molecule has 1 aliphatic heterocycles. The van der Waals surface area contributed by atoms with Crippen LogP contribution >= 0.6 is 0 Å². The van der Waals surface area contributed by atoms with Crippen LogP contribution in [-0.2, 0) is 14.3 Å². The van der Waals surface area contributed by atoms with Crippen molar-refractivity contribution in [1.29, 1.82) is 0 Å². The number of nitrogens with one attached hydrogen (secondary N) is 1. The summed E-state index contributed by atoms with van der Waals surface area (Å²) in [4.78, 5) is 11.5. The zero-order valence-corrected chi connectivity index (χ0v) is 9.25. The Kier molecular flexibility index (Phi) is 3.26. The Morgan fingerprint density at radius 3 is 3.27 bits per heavy atom. The summed E-state index contributed by atoms with van der Waals surface area (Å²) in [6, 6.07) is 0.381. The summed E-state index contributed by atoms with van der Waals surface area (Å²) in [6.07, 6.45) is 5.12. The minimum Gasteiger partial charge on any atom is -0.359 e. The number of carbonyl (C=O) groups is 1. The topological polar surface area (TPSA) is 47.6 Å². The summed E-state index contributed by atoms with van der Waals surface area (Å²) in [5.74, 6) is 0.187. The molecule has 0 aromatic heterocycles. The Bertz CT molecular complexity index is 244. The maximum atomic E-state index is 11.5. The van der Waals surface area contributed by atoms with Crippen LogP contribution in [0.15, 0.2) is 0 Å². The normalized spacial score (nSPS) is 35.0. The van der Waals surface area contributed by atoms with Gasteiger partial charge >= 0.3 is 0 Å². The lowest BCUT2D eigenvalue weighted by atomic mass is 9.68. The zero-order chi connectivity index (χ0) is 10.7. The summed E-state index contributed by atoms with van der Waals surface area (Å²) in [6.45, 7) is 0.985. The van der Waals surface area contributed by atoms with Crippen LogP contribution < -0.4 is 5.32 Å². The number of piperidine rings is 1. The second-order valence-electron chi connectivity index (χ2n) is 4.79. The van der Waals surface area contributed by atoms with Crippen LogP contribution in [0.1, 0.15) is 32.1 Å². The SMILES string of the molecule is COCOC[C@]12CCC[C@H](C1)NC(=O)C2. The van der Waals surface area contributed by atoms with Crippen molar-refractivity contribution in [1.82, 2.24) is 5.32 Å². The molecule has 1 saturated heterocycles. The average molecular weight is 213 g/mol. The van der Waals surface area contributed by atoms with Crippen molar-refractivity contribution in [2.75, 3.05) is 20.5 Å². The van der Waals surface area contributed by atoms with Gasteiger partial charge in [-0.2, -0.15) is 0 Å². The molecular weight excluding hydrogens is 194 g/mol. The summed E-state index contributed by atoms with van der Waals surface area (Å²) >= 11 is 0. The van der Waals surface area contributed by atoms with Crippen molar-refractivity contribution in [3.05, 3.63) is 0 Å². The van der Waals surface area contributed by atoms with Gasteiger partial charge in [-0.1, -0.05) is 6.42 Å². The van der Waals surface area contributed by atoms with Crippen molar-refractivity contribution < 1.29 is 14.3 Å². The van der Waals surface area contributed by atoms with E-state index < -0.39 is 0 Å². The molecule has 2 fully saturated rings. The molecule has 1 aliphatic carbocycles. The highest BCUT2D eigenvalue weighted by Gasteiger charge is 2.42. The quantitative estimate of drug-likeness (QED) is 0.561. The molecular formula is C11H19NO3. The molecule has 0 radical (unpaired) electrons. The highest BCUT2D eigenvalue weighted by atomic mass is 16.7. The van der Waals surface area contributed by atoms with E-state index in [1.807, 2.05) is 0 Å². The minimum atomic E-state index is 0.0871. The van der Waals surface area contributed by atoms with E-state index in [1.165, 1.54) is 6.42 Å². The molecule has 1 N–H and O–H groups in total. The van der Waals surface area contributed by atoms with Crippen molar-refractivity contribution in [3.8, 4) is 0 Å². The fourth-order valence-corrected chi connectivity index (χ4v) is 2.88. The van der Waals surface area contributed by atoms with Crippen LogP contribution in [-0.4, -0.2) is 32.5 Å². The summed E-state index contributed by atoms with van der Waals surface area (Å²) in [5.41, 5.74) is 0.0871. The number of fused-ring (bicyclic) bond motifs is 2. The highest BCUT2D eigenvalue weighted by molar-refractivity contribution is 5.78. The van der Waals surface area contributed by atoms with E-state index in [-0.39, 0.29) is 11.3 Å². The van der Waals surface area contributed by atoms with Gasteiger partial charge in [-0.15, -0.1) is 0 Å². The van der Waals surface area contributed by atoms with Crippen LogP contribution in [0.5, 0.6) is 0 Å². The molecule has 1 heterocycles. The van der Waals surface area contributed by atoms with Gasteiger partial charge in [-0.05, 0) is 19.3 Å². The van der Waals surface area contributed by atoms with Gasteiger partial charge in [0.15, 0.2) is 0 Å².